The Morgan fingerprint density at radius 3 is 2.71 bits per heavy atom. The molecule has 1 N–H and O–H groups in total. The van der Waals surface area contributed by atoms with Gasteiger partial charge in [-0.05, 0) is 30.5 Å². The maximum atomic E-state index is 12.6. The molecule has 1 aliphatic heterocycles. The quantitative estimate of drug-likeness (QED) is 0.908. The number of carbonyl (C=O) groups is 2. The molecule has 6 nitrogen and oxygen atoms in total. The lowest BCUT2D eigenvalue weighted by atomic mass is 10.2. The normalized spacial score (nSPS) is 18.7. The molecule has 1 saturated carbocycles. The highest BCUT2D eigenvalue weighted by Gasteiger charge is 2.37. The largest absolute Gasteiger partial charge is 0.433 e. The van der Waals surface area contributed by atoms with E-state index in [9.17, 15) is 22.8 Å². The van der Waals surface area contributed by atoms with Gasteiger partial charge in [-0.1, -0.05) is 0 Å². The van der Waals surface area contributed by atoms with E-state index < -0.39 is 17.9 Å². The minimum absolute atomic E-state index is 0.00643. The summed E-state index contributed by atoms with van der Waals surface area (Å²) in [4.78, 5) is 30.5. The topological polar surface area (TPSA) is 65.5 Å². The number of pyridine rings is 1. The second kappa shape index (κ2) is 6.29. The highest BCUT2D eigenvalue weighted by Crippen LogP contribution is 2.28. The Labute approximate surface area is 136 Å². The van der Waals surface area contributed by atoms with Crippen LogP contribution >= 0.6 is 0 Å². The summed E-state index contributed by atoms with van der Waals surface area (Å²) in [6.45, 7) is 0.885. The van der Waals surface area contributed by atoms with Crippen molar-refractivity contribution in [2.75, 3.05) is 19.6 Å². The lowest BCUT2D eigenvalue weighted by molar-refractivity contribution is -0.141. The molecule has 1 saturated heterocycles. The van der Waals surface area contributed by atoms with Crippen LogP contribution in [0.5, 0.6) is 0 Å². The van der Waals surface area contributed by atoms with Crippen molar-refractivity contribution in [3.63, 3.8) is 0 Å². The third-order valence-corrected chi connectivity index (χ3v) is 4.09. The zero-order valence-corrected chi connectivity index (χ0v) is 12.8. The van der Waals surface area contributed by atoms with Gasteiger partial charge in [0.25, 0.3) is 0 Å². The van der Waals surface area contributed by atoms with Crippen LogP contribution in [0.2, 0.25) is 0 Å². The Balaban J connectivity index is 1.53. The average Bonchev–Trinajstić information content (AvgIpc) is 3.36. The summed E-state index contributed by atoms with van der Waals surface area (Å²) in [6.07, 6.45) is -1.43. The minimum Gasteiger partial charge on any atom is -0.336 e. The first-order valence-electron chi connectivity index (χ1n) is 7.69. The Kier molecular flexibility index (Phi) is 4.33. The molecule has 1 aromatic rings. The lowest BCUT2D eigenvalue weighted by Crippen LogP contribution is -2.55. The summed E-state index contributed by atoms with van der Waals surface area (Å²) < 4.78 is 37.8. The highest BCUT2D eigenvalue weighted by molar-refractivity contribution is 5.85. The van der Waals surface area contributed by atoms with E-state index >= 15 is 0 Å². The number of nitrogens with one attached hydrogen (secondary N) is 1. The van der Waals surface area contributed by atoms with Gasteiger partial charge in [-0.2, -0.15) is 13.2 Å². The number of aromatic nitrogens is 1. The molecule has 2 aliphatic rings. The molecule has 0 bridgehead atoms. The van der Waals surface area contributed by atoms with E-state index in [1.165, 1.54) is 11.0 Å². The molecule has 0 radical (unpaired) electrons. The Hall–Kier alpha value is -2.32. The van der Waals surface area contributed by atoms with Crippen molar-refractivity contribution in [1.82, 2.24) is 20.1 Å². The first kappa shape index (κ1) is 16.5. The first-order chi connectivity index (χ1) is 11.3. The number of halogens is 3. The average molecular weight is 342 g/mol. The predicted octanol–water partition coefficient (Wildman–Crippen LogP) is 1.62. The molecule has 9 heteroatoms. The fourth-order valence-corrected chi connectivity index (χ4v) is 2.66. The van der Waals surface area contributed by atoms with Crippen LogP contribution < -0.4 is 5.32 Å². The van der Waals surface area contributed by atoms with Crippen molar-refractivity contribution >= 4 is 11.9 Å². The number of amides is 3. The third kappa shape index (κ3) is 3.77. The molecule has 1 aromatic heterocycles. The second-order valence-electron chi connectivity index (χ2n) is 5.95. The fourth-order valence-electron chi connectivity index (χ4n) is 2.66. The van der Waals surface area contributed by atoms with E-state index in [-0.39, 0.29) is 19.0 Å². The standard InChI is InChI=1S/C15H17F3N4O2/c16-15(17,18)12-7-10(3-4-19-12)8-20-14(24)21-5-6-22(11-1-2-11)13(23)9-21/h3-4,7,11H,1-2,5-6,8-9H2,(H,20,24). The molecule has 3 amide bonds. The van der Waals surface area contributed by atoms with E-state index in [0.29, 0.717) is 24.7 Å². The molecule has 0 atom stereocenters. The number of rotatable bonds is 3. The number of nitrogens with zero attached hydrogens (tertiary/aromatic N) is 3. The van der Waals surface area contributed by atoms with Gasteiger partial charge in [0.15, 0.2) is 0 Å². The van der Waals surface area contributed by atoms with Gasteiger partial charge in [0, 0.05) is 31.9 Å². The van der Waals surface area contributed by atoms with Gasteiger partial charge in [-0.3, -0.25) is 9.78 Å². The molecule has 130 valence electrons. The maximum Gasteiger partial charge on any atom is 0.433 e. The summed E-state index contributed by atoms with van der Waals surface area (Å²) >= 11 is 0. The molecule has 0 aromatic carbocycles. The van der Waals surface area contributed by atoms with Crippen LogP contribution in [0, 0.1) is 0 Å². The summed E-state index contributed by atoms with van der Waals surface area (Å²) in [7, 11) is 0. The van der Waals surface area contributed by atoms with Crippen LogP contribution in [0.15, 0.2) is 18.3 Å². The van der Waals surface area contributed by atoms with Gasteiger partial charge < -0.3 is 15.1 Å². The third-order valence-electron chi connectivity index (χ3n) is 4.09. The van der Waals surface area contributed by atoms with Crippen LogP contribution in [-0.4, -0.2) is 52.4 Å². The fraction of sp³-hybridized carbons (Fsp3) is 0.533. The minimum atomic E-state index is -4.52. The second-order valence-corrected chi connectivity index (χ2v) is 5.95. The van der Waals surface area contributed by atoms with E-state index in [1.807, 2.05) is 0 Å². The van der Waals surface area contributed by atoms with Crippen LogP contribution in [0.4, 0.5) is 18.0 Å². The van der Waals surface area contributed by atoms with Gasteiger partial charge in [0.2, 0.25) is 5.91 Å². The molecule has 3 rings (SSSR count). The first-order valence-corrected chi connectivity index (χ1v) is 7.69. The number of hydrogen-bond donors (Lipinski definition) is 1. The molecular formula is C15H17F3N4O2. The molecule has 0 unspecified atom stereocenters. The van der Waals surface area contributed by atoms with Gasteiger partial charge in [0.05, 0.1) is 0 Å². The predicted molar refractivity (Wildman–Crippen MR) is 77.8 cm³/mol. The van der Waals surface area contributed by atoms with Gasteiger partial charge >= 0.3 is 12.2 Å². The molecular weight excluding hydrogens is 325 g/mol. The van der Waals surface area contributed by atoms with E-state index in [1.54, 1.807) is 4.90 Å². The molecule has 2 fully saturated rings. The Morgan fingerprint density at radius 1 is 1.33 bits per heavy atom. The van der Waals surface area contributed by atoms with E-state index in [2.05, 4.69) is 10.3 Å². The van der Waals surface area contributed by atoms with Crippen LogP contribution in [-0.2, 0) is 17.5 Å². The van der Waals surface area contributed by atoms with Crippen LogP contribution in [0.3, 0.4) is 0 Å². The summed E-state index contributed by atoms with van der Waals surface area (Å²) in [6, 6.07) is 2.17. The van der Waals surface area contributed by atoms with Crippen molar-refractivity contribution in [3.8, 4) is 0 Å². The molecule has 1 aliphatic carbocycles. The monoisotopic (exact) mass is 342 g/mol. The molecule has 24 heavy (non-hydrogen) atoms. The summed E-state index contributed by atoms with van der Waals surface area (Å²) in [5, 5.41) is 2.55. The Bertz CT molecular complexity index is 646. The highest BCUT2D eigenvalue weighted by atomic mass is 19.4. The van der Waals surface area contributed by atoms with Crippen molar-refractivity contribution < 1.29 is 22.8 Å². The zero-order valence-electron chi connectivity index (χ0n) is 12.8. The van der Waals surface area contributed by atoms with Crippen molar-refractivity contribution in [1.29, 1.82) is 0 Å². The molecule has 2 heterocycles. The van der Waals surface area contributed by atoms with E-state index in [4.69, 9.17) is 0 Å². The Morgan fingerprint density at radius 2 is 2.08 bits per heavy atom. The molecule has 0 spiro atoms. The summed E-state index contributed by atoms with van der Waals surface area (Å²) in [5.41, 5.74) is -0.698. The number of hydrogen-bond acceptors (Lipinski definition) is 3. The van der Waals surface area contributed by atoms with Gasteiger partial charge in [0.1, 0.15) is 12.2 Å². The number of urea groups is 1. The van der Waals surface area contributed by atoms with Crippen molar-refractivity contribution in [3.05, 3.63) is 29.6 Å². The van der Waals surface area contributed by atoms with E-state index in [0.717, 1.165) is 25.1 Å². The zero-order chi connectivity index (χ0) is 17.3. The van der Waals surface area contributed by atoms with Crippen molar-refractivity contribution in [2.24, 2.45) is 0 Å². The lowest BCUT2D eigenvalue weighted by Gasteiger charge is -2.34. The SMILES string of the molecule is O=C(NCc1ccnc(C(F)(F)F)c1)N1CCN(C2CC2)C(=O)C1. The van der Waals surface area contributed by atoms with Crippen LogP contribution in [0.1, 0.15) is 24.1 Å². The number of alkyl halides is 3. The van der Waals surface area contributed by atoms with Gasteiger partial charge in [-0.25, -0.2) is 4.79 Å². The van der Waals surface area contributed by atoms with Crippen molar-refractivity contribution in [2.45, 2.75) is 31.6 Å². The number of carbonyl (C=O) groups excluding carboxylic acids is 2. The van der Waals surface area contributed by atoms with Gasteiger partial charge in [-0.15, -0.1) is 0 Å². The van der Waals surface area contributed by atoms with Crippen LogP contribution in [0.25, 0.3) is 0 Å². The smallest absolute Gasteiger partial charge is 0.336 e. The maximum absolute atomic E-state index is 12.6. The summed E-state index contributed by atoms with van der Waals surface area (Å²) in [5.74, 6) is -0.0813. The number of piperazine rings is 1.